The van der Waals surface area contributed by atoms with Crippen molar-refractivity contribution in [3.63, 3.8) is 0 Å². The Balaban J connectivity index is 2.01. The molecule has 1 aromatic rings. The van der Waals surface area contributed by atoms with Gasteiger partial charge in [0.1, 0.15) is 5.41 Å². The fourth-order valence-corrected chi connectivity index (χ4v) is 3.19. The first-order chi connectivity index (χ1) is 8.93. The highest BCUT2D eigenvalue weighted by Gasteiger charge is 2.34. The van der Waals surface area contributed by atoms with Gasteiger partial charge in [0.25, 0.3) is 0 Å². The van der Waals surface area contributed by atoms with Crippen molar-refractivity contribution >= 4 is 22.4 Å². The van der Waals surface area contributed by atoms with E-state index in [1.165, 1.54) is 12.8 Å². The molecular weight excluding hydrogens is 260 g/mol. The first-order valence-corrected chi connectivity index (χ1v) is 7.71. The third kappa shape index (κ3) is 3.08. The number of hydrogen-bond donors (Lipinski definition) is 1. The first kappa shape index (κ1) is 14.3. The number of hydrogen-bond acceptors (Lipinski definition) is 5. The number of carbonyl (C=O) groups is 1. The number of nitrogens with zero attached hydrogens (tertiary/aromatic N) is 1. The SMILES string of the molecule is CCOC(=O)C(C)(C)c1csc(NC2CC(C)C2)n1. The second kappa shape index (κ2) is 5.49. The van der Waals surface area contributed by atoms with Gasteiger partial charge in [0.15, 0.2) is 5.13 Å². The van der Waals surface area contributed by atoms with Crippen molar-refractivity contribution in [2.24, 2.45) is 5.92 Å². The van der Waals surface area contributed by atoms with Crippen molar-refractivity contribution in [1.29, 1.82) is 0 Å². The third-order valence-corrected chi connectivity index (χ3v) is 4.41. The average Bonchev–Trinajstić information content (AvgIpc) is 2.76. The third-order valence-electron chi connectivity index (χ3n) is 3.63. The minimum atomic E-state index is -0.681. The van der Waals surface area contributed by atoms with Crippen LogP contribution in [0.15, 0.2) is 5.38 Å². The van der Waals surface area contributed by atoms with E-state index in [4.69, 9.17) is 4.74 Å². The topological polar surface area (TPSA) is 51.2 Å². The second-order valence-corrected chi connectivity index (χ2v) is 6.66. The molecule has 2 rings (SSSR count). The molecule has 1 heterocycles. The molecule has 0 spiro atoms. The molecule has 5 heteroatoms. The highest BCUT2D eigenvalue weighted by molar-refractivity contribution is 7.13. The summed E-state index contributed by atoms with van der Waals surface area (Å²) in [5.74, 6) is 0.594. The van der Waals surface area contributed by atoms with Gasteiger partial charge in [-0.3, -0.25) is 4.79 Å². The monoisotopic (exact) mass is 282 g/mol. The van der Waals surface area contributed by atoms with Crippen LogP contribution in [0.1, 0.15) is 46.2 Å². The molecule has 0 unspecified atom stereocenters. The van der Waals surface area contributed by atoms with Crippen LogP contribution >= 0.6 is 11.3 Å². The van der Waals surface area contributed by atoms with Crippen LogP contribution in [0.4, 0.5) is 5.13 Å². The van der Waals surface area contributed by atoms with Gasteiger partial charge < -0.3 is 10.1 Å². The number of rotatable bonds is 5. The van der Waals surface area contributed by atoms with Crippen LogP contribution in [0, 0.1) is 5.92 Å². The van der Waals surface area contributed by atoms with Crippen molar-refractivity contribution < 1.29 is 9.53 Å². The Labute approximate surface area is 118 Å². The fourth-order valence-electron chi connectivity index (χ4n) is 2.24. The number of nitrogens with one attached hydrogen (secondary N) is 1. The van der Waals surface area contributed by atoms with Gasteiger partial charge in [-0.05, 0) is 39.5 Å². The van der Waals surface area contributed by atoms with E-state index < -0.39 is 5.41 Å². The van der Waals surface area contributed by atoms with Gasteiger partial charge in [-0.25, -0.2) is 4.98 Å². The van der Waals surface area contributed by atoms with Crippen LogP contribution in [-0.4, -0.2) is 23.6 Å². The maximum Gasteiger partial charge on any atom is 0.317 e. The summed E-state index contributed by atoms with van der Waals surface area (Å²) in [6, 6.07) is 0.541. The standard InChI is InChI=1S/C14H22N2O2S/c1-5-18-12(17)14(3,4)11-8-19-13(16-11)15-10-6-9(2)7-10/h8-10H,5-7H2,1-4H3,(H,15,16). The lowest BCUT2D eigenvalue weighted by atomic mass is 9.82. The summed E-state index contributed by atoms with van der Waals surface area (Å²) in [6.07, 6.45) is 2.41. The number of ether oxygens (including phenoxy) is 1. The number of esters is 1. The summed E-state index contributed by atoms with van der Waals surface area (Å²) in [5.41, 5.74) is 0.102. The summed E-state index contributed by atoms with van der Waals surface area (Å²) < 4.78 is 5.10. The minimum Gasteiger partial charge on any atom is -0.465 e. The van der Waals surface area contributed by atoms with E-state index >= 15 is 0 Å². The number of thiazole rings is 1. The normalized spacial score (nSPS) is 22.7. The molecule has 0 atom stereocenters. The second-order valence-electron chi connectivity index (χ2n) is 5.80. The summed E-state index contributed by atoms with van der Waals surface area (Å²) in [4.78, 5) is 16.5. The quantitative estimate of drug-likeness (QED) is 0.843. The summed E-state index contributed by atoms with van der Waals surface area (Å²) in [5, 5.41) is 6.28. The van der Waals surface area contributed by atoms with E-state index in [0.29, 0.717) is 12.6 Å². The molecule has 19 heavy (non-hydrogen) atoms. The molecule has 0 aromatic carbocycles. The lowest BCUT2D eigenvalue weighted by molar-refractivity contribution is -0.148. The van der Waals surface area contributed by atoms with Crippen LogP contribution < -0.4 is 5.32 Å². The summed E-state index contributed by atoms with van der Waals surface area (Å²) in [7, 11) is 0. The molecule has 0 aliphatic heterocycles. The Bertz CT molecular complexity index is 450. The molecule has 0 radical (unpaired) electrons. The maximum absolute atomic E-state index is 11.9. The minimum absolute atomic E-state index is 0.218. The van der Waals surface area contributed by atoms with Crippen molar-refractivity contribution in [3.05, 3.63) is 11.1 Å². The van der Waals surface area contributed by atoms with Crippen molar-refractivity contribution in [2.75, 3.05) is 11.9 Å². The predicted octanol–water partition coefficient (Wildman–Crippen LogP) is 3.19. The molecule has 1 N–H and O–H groups in total. The Morgan fingerprint density at radius 3 is 2.84 bits per heavy atom. The lowest BCUT2D eigenvalue weighted by Crippen LogP contribution is -2.34. The van der Waals surface area contributed by atoms with Gasteiger partial charge in [-0.1, -0.05) is 6.92 Å². The van der Waals surface area contributed by atoms with E-state index in [0.717, 1.165) is 16.7 Å². The van der Waals surface area contributed by atoms with Gasteiger partial charge in [0, 0.05) is 11.4 Å². The molecule has 1 aliphatic carbocycles. The number of aromatic nitrogens is 1. The molecule has 0 bridgehead atoms. The van der Waals surface area contributed by atoms with E-state index in [1.54, 1.807) is 11.3 Å². The van der Waals surface area contributed by atoms with Crippen LogP contribution in [0.5, 0.6) is 0 Å². The van der Waals surface area contributed by atoms with Crippen molar-refractivity contribution in [1.82, 2.24) is 4.98 Å². The van der Waals surface area contributed by atoms with Gasteiger partial charge in [-0.2, -0.15) is 0 Å². The highest BCUT2D eigenvalue weighted by atomic mass is 32.1. The average molecular weight is 282 g/mol. The smallest absolute Gasteiger partial charge is 0.317 e. The highest BCUT2D eigenvalue weighted by Crippen LogP contribution is 2.33. The van der Waals surface area contributed by atoms with E-state index in [2.05, 4.69) is 17.2 Å². The number of carbonyl (C=O) groups excluding carboxylic acids is 1. The molecule has 106 valence electrons. The summed E-state index contributed by atoms with van der Waals surface area (Å²) >= 11 is 1.56. The zero-order valence-electron chi connectivity index (χ0n) is 12.0. The molecule has 1 aromatic heterocycles. The van der Waals surface area contributed by atoms with Crippen LogP contribution in [-0.2, 0) is 14.9 Å². The zero-order valence-corrected chi connectivity index (χ0v) is 12.8. The van der Waals surface area contributed by atoms with Crippen molar-refractivity contribution in [2.45, 2.75) is 52.0 Å². The predicted molar refractivity (Wildman–Crippen MR) is 77.6 cm³/mol. The van der Waals surface area contributed by atoms with E-state index in [9.17, 15) is 4.79 Å². The van der Waals surface area contributed by atoms with E-state index in [-0.39, 0.29) is 5.97 Å². The van der Waals surface area contributed by atoms with Gasteiger partial charge >= 0.3 is 5.97 Å². The maximum atomic E-state index is 11.9. The van der Waals surface area contributed by atoms with Crippen LogP contribution in [0.3, 0.4) is 0 Å². The Hall–Kier alpha value is -1.10. The van der Waals surface area contributed by atoms with Crippen LogP contribution in [0.2, 0.25) is 0 Å². The van der Waals surface area contributed by atoms with Gasteiger partial charge in [0.05, 0.1) is 12.3 Å². The first-order valence-electron chi connectivity index (χ1n) is 6.83. The Morgan fingerprint density at radius 2 is 2.26 bits per heavy atom. The summed E-state index contributed by atoms with van der Waals surface area (Å²) in [6.45, 7) is 8.19. The lowest BCUT2D eigenvalue weighted by Gasteiger charge is -2.33. The van der Waals surface area contributed by atoms with Gasteiger partial charge in [-0.15, -0.1) is 11.3 Å². The van der Waals surface area contributed by atoms with Crippen LogP contribution in [0.25, 0.3) is 0 Å². The molecule has 0 amide bonds. The zero-order chi connectivity index (χ0) is 14.0. The molecule has 1 fully saturated rings. The van der Waals surface area contributed by atoms with E-state index in [1.807, 2.05) is 26.2 Å². The number of anilines is 1. The fraction of sp³-hybridized carbons (Fsp3) is 0.714. The Morgan fingerprint density at radius 1 is 1.58 bits per heavy atom. The van der Waals surface area contributed by atoms with Gasteiger partial charge in [0.2, 0.25) is 0 Å². The molecule has 1 saturated carbocycles. The largest absolute Gasteiger partial charge is 0.465 e. The van der Waals surface area contributed by atoms with Crippen molar-refractivity contribution in [3.8, 4) is 0 Å². The molecule has 0 saturated heterocycles. The Kier molecular flexibility index (Phi) is 4.13. The molecule has 1 aliphatic rings. The molecule has 4 nitrogen and oxygen atoms in total. The molecular formula is C14H22N2O2S.